The number of rotatable bonds is 1. The van der Waals surface area contributed by atoms with Crippen LogP contribution in [-0.2, 0) is 0 Å². The number of phenols is 1. The second-order valence-electron chi connectivity index (χ2n) is 6.84. The number of carbonyl (C=O) groups is 1. The van der Waals surface area contributed by atoms with Crippen LogP contribution in [0.2, 0.25) is 0 Å². The Morgan fingerprint density at radius 1 is 1.24 bits per heavy atom. The molecule has 2 aliphatic heterocycles. The highest BCUT2D eigenvalue weighted by Crippen LogP contribution is 2.39. The maximum atomic E-state index is 12.7. The minimum absolute atomic E-state index is 0.0267. The Kier molecular flexibility index (Phi) is 3.66. The predicted molar refractivity (Wildman–Crippen MR) is 82.5 cm³/mol. The van der Waals surface area contributed by atoms with Crippen LogP contribution >= 0.6 is 0 Å². The summed E-state index contributed by atoms with van der Waals surface area (Å²) in [7, 11) is 2.15. The molecule has 2 saturated heterocycles. The summed E-state index contributed by atoms with van der Waals surface area (Å²) in [6, 6.07) is 5.29. The van der Waals surface area contributed by atoms with Crippen LogP contribution in [0.3, 0.4) is 0 Å². The first kappa shape index (κ1) is 14.4. The Bertz CT molecular complexity index is 554. The van der Waals surface area contributed by atoms with Crippen LogP contribution in [0.1, 0.15) is 35.2 Å². The summed E-state index contributed by atoms with van der Waals surface area (Å²) >= 11 is 0. The largest absolute Gasteiger partial charge is 0.507 e. The molecule has 1 N–H and O–H groups in total. The van der Waals surface area contributed by atoms with E-state index < -0.39 is 0 Å². The number of hydrogen-bond acceptors (Lipinski definition) is 3. The summed E-state index contributed by atoms with van der Waals surface area (Å²) in [5, 5.41) is 10.0. The molecule has 0 saturated carbocycles. The predicted octanol–water partition coefficient (Wildman–Crippen LogP) is 2.26. The number of nitrogens with zero attached hydrogens (tertiary/aromatic N) is 2. The van der Waals surface area contributed by atoms with Gasteiger partial charge in [-0.15, -0.1) is 0 Å². The highest BCUT2D eigenvalue weighted by Gasteiger charge is 2.41. The minimum atomic E-state index is -0.0267. The van der Waals surface area contributed by atoms with E-state index >= 15 is 0 Å². The maximum Gasteiger partial charge on any atom is 0.257 e. The molecule has 2 heterocycles. The van der Waals surface area contributed by atoms with Crippen LogP contribution < -0.4 is 0 Å². The fraction of sp³-hybridized carbons (Fsp3) is 0.588. The van der Waals surface area contributed by atoms with Crippen molar-refractivity contribution >= 4 is 5.91 Å². The summed E-state index contributed by atoms with van der Waals surface area (Å²) in [6.07, 6.45) is 3.44. The Morgan fingerprint density at radius 2 is 2.05 bits per heavy atom. The number of carbonyl (C=O) groups excluding carboxylic acids is 1. The van der Waals surface area contributed by atoms with Crippen molar-refractivity contribution < 1.29 is 9.90 Å². The third-order valence-electron chi connectivity index (χ3n) is 4.96. The molecule has 1 amide bonds. The van der Waals surface area contributed by atoms with Gasteiger partial charge in [0.05, 0.1) is 5.56 Å². The van der Waals surface area contributed by atoms with Gasteiger partial charge in [-0.25, -0.2) is 0 Å². The Hall–Kier alpha value is -1.55. The molecule has 1 spiro atoms. The lowest BCUT2D eigenvalue weighted by Crippen LogP contribution is -2.47. The fourth-order valence-corrected chi connectivity index (χ4v) is 3.87. The first-order valence-electron chi connectivity index (χ1n) is 7.77. The zero-order valence-corrected chi connectivity index (χ0v) is 12.9. The third kappa shape index (κ3) is 2.77. The number of hydrogen-bond donors (Lipinski definition) is 1. The molecule has 114 valence electrons. The maximum absolute atomic E-state index is 12.7. The van der Waals surface area contributed by atoms with Crippen LogP contribution in [0.5, 0.6) is 5.75 Å². The number of aryl methyl sites for hydroxylation is 1. The summed E-state index contributed by atoms with van der Waals surface area (Å²) in [6.45, 7) is 5.74. The van der Waals surface area contributed by atoms with Gasteiger partial charge >= 0.3 is 0 Å². The third-order valence-corrected chi connectivity index (χ3v) is 4.96. The molecule has 0 unspecified atom stereocenters. The first-order valence-corrected chi connectivity index (χ1v) is 7.77. The quantitative estimate of drug-likeness (QED) is 0.862. The van der Waals surface area contributed by atoms with E-state index in [0.717, 1.165) is 38.2 Å². The molecule has 2 aliphatic rings. The van der Waals surface area contributed by atoms with Crippen LogP contribution in [-0.4, -0.2) is 54.0 Å². The Morgan fingerprint density at radius 3 is 2.71 bits per heavy atom. The summed E-state index contributed by atoms with van der Waals surface area (Å²) in [5.41, 5.74) is 1.67. The van der Waals surface area contributed by atoms with Gasteiger partial charge in [-0.2, -0.15) is 0 Å². The van der Waals surface area contributed by atoms with Crippen molar-refractivity contribution in [3.05, 3.63) is 29.3 Å². The highest BCUT2D eigenvalue weighted by atomic mass is 16.3. The van der Waals surface area contributed by atoms with Crippen molar-refractivity contribution in [2.75, 3.05) is 33.2 Å². The Labute approximate surface area is 126 Å². The molecule has 4 heteroatoms. The molecular weight excluding hydrogens is 264 g/mol. The van der Waals surface area contributed by atoms with Crippen molar-refractivity contribution in [3.63, 3.8) is 0 Å². The number of phenolic OH excluding ortho intramolecular Hbond substituents is 1. The van der Waals surface area contributed by atoms with Gasteiger partial charge in [-0.1, -0.05) is 6.07 Å². The van der Waals surface area contributed by atoms with Crippen molar-refractivity contribution in [2.45, 2.75) is 26.2 Å². The SMILES string of the molecule is Cc1ccc(C(=O)N2CCC[C@@]3(CCN(C)C3)C2)c(O)c1. The molecule has 3 rings (SSSR count). The molecule has 0 radical (unpaired) electrons. The lowest BCUT2D eigenvalue weighted by Gasteiger charge is -2.40. The lowest BCUT2D eigenvalue weighted by atomic mass is 9.79. The van der Waals surface area contributed by atoms with Crippen molar-refractivity contribution in [2.24, 2.45) is 5.41 Å². The second-order valence-corrected chi connectivity index (χ2v) is 6.84. The van der Waals surface area contributed by atoms with Crippen LogP contribution in [0.25, 0.3) is 0 Å². The van der Waals surface area contributed by atoms with Gasteiger partial charge in [0.2, 0.25) is 0 Å². The topological polar surface area (TPSA) is 43.8 Å². The van der Waals surface area contributed by atoms with E-state index in [4.69, 9.17) is 0 Å². The molecule has 4 nitrogen and oxygen atoms in total. The second kappa shape index (κ2) is 5.34. The average Bonchev–Trinajstić information content (AvgIpc) is 2.79. The molecule has 0 aromatic heterocycles. The molecule has 2 fully saturated rings. The summed E-state index contributed by atoms with van der Waals surface area (Å²) in [4.78, 5) is 17.0. The monoisotopic (exact) mass is 288 g/mol. The van der Waals surface area contributed by atoms with Crippen LogP contribution in [0.15, 0.2) is 18.2 Å². The standard InChI is InChI=1S/C17H24N2O2/c1-13-4-5-14(15(20)10-13)16(21)19-8-3-6-17(12-19)7-9-18(2)11-17/h4-5,10,20H,3,6-9,11-12H2,1-2H3/t17-/m0/s1. The van der Waals surface area contributed by atoms with Gasteiger partial charge in [0.1, 0.15) is 5.75 Å². The molecule has 0 bridgehead atoms. The van der Waals surface area contributed by atoms with Crippen LogP contribution in [0.4, 0.5) is 0 Å². The van der Waals surface area contributed by atoms with Gasteiger partial charge in [0.25, 0.3) is 5.91 Å². The molecule has 1 atom stereocenters. The first-order chi connectivity index (χ1) is 9.99. The number of piperidine rings is 1. The van der Waals surface area contributed by atoms with E-state index in [-0.39, 0.29) is 17.1 Å². The number of aromatic hydroxyl groups is 1. The number of likely N-dealkylation sites (tertiary alicyclic amines) is 2. The van der Waals surface area contributed by atoms with Crippen molar-refractivity contribution in [1.29, 1.82) is 0 Å². The zero-order chi connectivity index (χ0) is 15.0. The summed E-state index contributed by atoms with van der Waals surface area (Å²) < 4.78 is 0. The normalized spacial score (nSPS) is 26.5. The van der Waals surface area contributed by atoms with Gasteiger partial charge in [-0.3, -0.25) is 4.79 Å². The molecule has 1 aromatic rings. The zero-order valence-electron chi connectivity index (χ0n) is 12.9. The van der Waals surface area contributed by atoms with Crippen LogP contribution in [0, 0.1) is 12.3 Å². The molecular formula is C17H24N2O2. The average molecular weight is 288 g/mol. The smallest absolute Gasteiger partial charge is 0.257 e. The molecule has 21 heavy (non-hydrogen) atoms. The number of amides is 1. The Balaban J connectivity index is 1.78. The van der Waals surface area contributed by atoms with E-state index in [2.05, 4.69) is 11.9 Å². The number of benzene rings is 1. The van der Waals surface area contributed by atoms with E-state index in [1.54, 1.807) is 12.1 Å². The molecule has 0 aliphatic carbocycles. The highest BCUT2D eigenvalue weighted by molar-refractivity contribution is 5.97. The van der Waals surface area contributed by atoms with E-state index in [1.807, 2.05) is 17.9 Å². The van der Waals surface area contributed by atoms with E-state index in [0.29, 0.717) is 5.56 Å². The van der Waals surface area contributed by atoms with Crippen molar-refractivity contribution in [3.8, 4) is 5.75 Å². The van der Waals surface area contributed by atoms with E-state index in [1.165, 1.54) is 12.8 Å². The van der Waals surface area contributed by atoms with Gasteiger partial charge in [-0.05, 0) is 57.5 Å². The van der Waals surface area contributed by atoms with Gasteiger partial charge < -0.3 is 14.9 Å². The van der Waals surface area contributed by atoms with E-state index in [9.17, 15) is 9.90 Å². The fourth-order valence-electron chi connectivity index (χ4n) is 3.87. The molecule has 1 aromatic carbocycles. The lowest BCUT2D eigenvalue weighted by molar-refractivity contribution is 0.0532. The van der Waals surface area contributed by atoms with Crippen molar-refractivity contribution in [1.82, 2.24) is 9.80 Å². The van der Waals surface area contributed by atoms with Gasteiger partial charge in [0, 0.05) is 25.0 Å². The summed E-state index contributed by atoms with van der Waals surface area (Å²) in [5.74, 6) is 0.0734. The minimum Gasteiger partial charge on any atom is -0.507 e. The van der Waals surface area contributed by atoms with Gasteiger partial charge in [0.15, 0.2) is 0 Å².